The standard InChI is InChI=1S/C19H24FN3O3/c1-26-17-11-14(22-18-15(17)6-4-9-21-18)5-2-3-7-16(20)13-8-10-23(12-13)19(24)25/h4,6,9,11,13,16H,2-3,5,7-8,10,12H2,1H3,(H,24,25)/t13-,16?/m1/s1. The lowest BCUT2D eigenvalue weighted by molar-refractivity contribution is 0.148. The molecule has 0 aromatic carbocycles. The second-order valence-electron chi connectivity index (χ2n) is 6.73. The Labute approximate surface area is 152 Å². The summed E-state index contributed by atoms with van der Waals surface area (Å²) in [4.78, 5) is 21.0. The van der Waals surface area contributed by atoms with Gasteiger partial charge in [0.1, 0.15) is 11.9 Å². The molecule has 2 aromatic rings. The van der Waals surface area contributed by atoms with Crippen molar-refractivity contribution in [3.8, 4) is 5.75 Å². The normalized spacial score (nSPS) is 18.2. The number of likely N-dealkylation sites (tertiary alicyclic amines) is 1. The van der Waals surface area contributed by atoms with Crippen LogP contribution in [-0.4, -0.2) is 52.4 Å². The number of alkyl halides is 1. The first-order chi connectivity index (χ1) is 12.6. The highest BCUT2D eigenvalue weighted by Crippen LogP contribution is 2.27. The number of ether oxygens (including phenoxy) is 1. The molecule has 140 valence electrons. The molecule has 1 aliphatic rings. The van der Waals surface area contributed by atoms with Crippen LogP contribution in [0, 0.1) is 5.92 Å². The van der Waals surface area contributed by atoms with Crippen LogP contribution >= 0.6 is 0 Å². The molecule has 2 aromatic heterocycles. The van der Waals surface area contributed by atoms with Gasteiger partial charge < -0.3 is 14.7 Å². The molecule has 1 aliphatic heterocycles. The summed E-state index contributed by atoms with van der Waals surface area (Å²) in [5.41, 5.74) is 1.55. The van der Waals surface area contributed by atoms with Crippen molar-refractivity contribution in [3.05, 3.63) is 30.1 Å². The number of unbranched alkanes of at least 4 members (excludes halogenated alkanes) is 1. The van der Waals surface area contributed by atoms with Crippen molar-refractivity contribution in [2.75, 3.05) is 20.2 Å². The maximum absolute atomic E-state index is 14.3. The van der Waals surface area contributed by atoms with Crippen LogP contribution in [0.3, 0.4) is 0 Å². The number of aryl methyl sites for hydroxylation is 1. The molecule has 7 heteroatoms. The fourth-order valence-electron chi connectivity index (χ4n) is 3.51. The van der Waals surface area contributed by atoms with Crippen molar-refractivity contribution < 1.29 is 19.0 Å². The third-order valence-electron chi connectivity index (χ3n) is 4.99. The number of aromatic nitrogens is 2. The molecule has 3 heterocycles. The molecule has 6 nitrogen and oxygen atoms in total. The number of methoxy groups -OCH3 is 1. The molecule has 0 radical (unpaired) electrons. The summed E-state index contributed by atoms with van der Waals surface area (Å²) in [6.45, 7) is 0.750. The van der Waals surface area contributed by atoms with Gasteiger partial charge in [-0.3, -0.25) is 0 Å². The van der Waals surface area contributed by atoms with Gasteiger partial charge in [-0.05, 0) is 37.8 Å². The molecule has 0 bridgehead atoms. The average Bonchev–Trinajstić information content (AvgIpc) is 3.15. The van der Waals surface area contributed by atoms with Gasteiger partial charge in [-0.2, -0.15) is 0 Å². The Balaban J connectivity index is 1.49. The summed E-state index contributed by atoms with van der Waals surface area (Å²) in [5, 5.41) is 9.83. The van der Waals surface area contributed by atoms with Crippen molar-refractivity contribution in [3.63, 3.8) is 0 Å². The van der Waals surface area contributed by atoms with Crippen LogP contribution in [0.5, 0.6) is 5.75 Å². The Morgan fingerprint density at radius 1 is 1.50 bits per heavy atom. The number of rotatable bonds is 7. The number of nitrogens with zero attached hydrogens (tertiary/aromatic N) is 3. The first-order valence-corrected chi connectivity index (χ1v) is 8.99. The summed E-state index contributed by atoms with van der Waals surface area (Å²) in [6.07, 6.45) is 3.18. The molecule has 26 heavy (non-hydrogen) atoms. The van der Waals surface area contributed by atoms with Gasteiger partial charge in [0.15, 0.2) is 5.65 Å². The van der Waals surface area contributed by atoms with Gasteiger partial charge in [0.05, 0.1) is 12.5 Å². The lowest BCUT2D eigenvalue weighted by Gasteiger charge is -2.16. The number of fused-ring (bicyclic) bond motifs is 1. The highest BCUT2D eigenvalue weighted by Gasteiger charge is 2.31. The van der Waals surface area contributed by atoms with Crippen molar-refractivity contribution in [2.24, 2.45) is 5.92 Å². The van der Waals surface area contributed by atoms with Gasteiger partial charge >= 0.3 is 6.09 Å². The zero-order valence-electron chi connectivity index (χ0n) is 14.9. The Morgan fingerprint density at radius 2 is 2.35 bits per heavy atom. The zero-order chi connectivity index (χ0) is 18.5. The van der Waals surface area contributed by atoms with E-state index in [0.29, 0.717) is 31.6 Å². The smallest absolute Gasteiger partial charge is 0.407 e. The van der Waals surface area contributed by atoms with Crippen molar-refractivity contribution in [2.45, 2.75) is 38.3 Å². The fraction of sp³-hybridized carbons (Fsp3) is 0.526. The number of carboxylic acid groups (broad SMARTS) is 1. The van der Waals surface area contributed by atoms with Crippen molar-refractivity contribution in [1.29, 1.82) is 0 Å². The first kappa shape index (κ1) is 18.4. The van der Waals surface area contributed by atoms with Gasteiger partial charge in [0.2, 0.25) is 0 Å². The molecular formula is C19H24FN3O3. The topological polar surface area (TPSA) is 75.5 Å². The first-order valence-electron chi connectivity index (χ1n) is 8.99. The van der Waals surface area contributed by atoms with Crippen LogP contribution in [-0.2, 0) is 6.42 Å². The van der Waals surface area contributed by atoms with Gasteiger partial charge in [0.25, 0.3) is 0 Å². The molecule has 1 unspecified atom stereocenters. The second kappa shape index (κ2) is 8.29. The largest absolute Gasteiger partial charge is 0.496 e. The van der Waals surface area contributed by atoms with Crippen LogP contribution in [0.4, 0.5) is 9.18 Å². The van der Waals surface area contributed by atoms with Gasteiger partial charge in [0, 0.05) is 37.0 Å². The number of carbonyl (C=O) groups is 1. The Hall–Kier alpha value is -2.44. The number of hydrogen-bond donors (Lipinski definition) is 1. The molecule has 0 aliphatic carbocycles. The molecule has 1 amide bonds. The summed E-state index contributed by atoms with van der Waals surface area (Å²) >= 11 is 0. The predicted molar refractivity (Wildman–Crippen MR) is 96.2 cm³/mol. The third kappa shape index (κ3) is 4.20. The van der Waals surface area contributed by atoms with E-state index in [9.17, 15) is 9.18 Å². The van der Waals surface area contributed by atoms with E-state index >= 15 is 0 Å². The molecule has 1 saturated heterocycles. The maximum Gasteiger partial charge on any atom is 0.407 e. The van der Waals surface area contributed by atoms with Gasteiger partial charge in [-0.1, -0.05) is 6.42 Å². The minimum Gasteiger partial charge on any atom is -0.496 e. The highest BCUT2D eigenvalue weighted by atomic mass is 19.1. The molecule has 3 rings (SSSR count). The van der Waals surface area contributed by atoms with Crippen LogP contribution < -0.4 is 4.74 Å². The van der Waals surface area contributed by atoms with Gasteiger partial charge in [-0.15, -0.1) is 0 Å². The third-order valence-corrected chi connectivity index (χ3v) is 4.99. The SMILES string of the molecule is COc1cc(CCCCC(F)[C@@H]2CCN(C(=O)O)C2)nc2ncccc12. The summed E-state index contributed by atoms with van der Waals surface area (Å²) in [6, 6.07) is 5.69. The fourth-order valence-corrected chi connectivity index (χ4v) is 3.51. The van der Waals surface area contributed by atoms with Crippen molar-refractivity contribution in [1.82, 2.24) is 14.9 Å². The van der Waals surface area contributed by atoms with E-state index in [1.54, 1.807) is 13.3 Å². The monoisotopic (exact) mass is 361 g/mol. The number of amides is 1. The van der Waals surface area contributed by atoms with E-state index in [4.69, 9.17) is 9.84 Å². The van der Waals surface area contributed by atoms with Crippen LogP contribution in [0.25, 0.3) is 11.0 Å². The summed E-state index contributed by atoms with van der Waals surface area (Å²) in [7, 11) is 1.63. The van der Waals surface area contributed by atoms with Crippen LogP contribution in [0.2, 0.25) is 0 Å². The summed E-state index contributed by atoms with van der Waals surface area (Å²) in [5.74, 6) is 0.579. The van der Waals surface area contributed by atoms with Crippen LogP contribution in [0.1, 0.15) is 31.4 Å². The minimum atomic E-state index is -0.954. The molecular weight excluding hydrogens is 337 g/mol. The Bertz CT molecular complexity index is 771. The van der Waals surface area contributed by atoms with Crippen molar-refractivity contribution >= 4 is 17.1 Å². The van der Waals surface area contributed by atoms with E-state index in [1.165, 1.54) is 4.90 Å². The Kier molecular flexibility index (Phi) is 5.85. The van der Waals surface area contributed by atoms with Gasteiger partial charge in [-0.25, -0.2) is 19.2 Å². The molecule has 0 spiro atoms. The van der Waals surface area contributed by atoms with E-state index in [-0.39, 0.29) is 5.92 Å². The van der Waals surface area contributed by atoms with Crippen LogP contribution in [0.15, 0.2) is 24.4 Å². The van der Waals surface area contributed by atoms with E-state index in [1.807, 2.05) is 18.2 Å². The number of hydrogen-bond acceptors (Lipinski definition) is 4. The minimum absolute atomic E-state index is 0.172. The average molecular weight is 361 g/mol. The molecule has 0 saturated carbocycles. The second-order valence-corrected chi connectivity index (χ2v) is 6.73. The van der Waals surface area contributed by atoms with E-state index < -0.39 is 12.3 Å². The number of pyridine rings is 2. The zero-order valence-corrected chi connectivity index (χ0v) is 14.9. The van der Waals surface area contributed by atoms with E-state index in [2.05, 4.69) is 9.97 Å². The lowest BCUT2D eigenvalue weighted by atomic mass is 9.97. The predicted octanol–water partition coefficient (Wildman–Crippen LogP) is 3.69. The number of halogens is 1. The molecule has 1 fully saturated rings. The molecule has 1 N–H and O–H groups in total. The quantitative estimate of drug-likeness (QED) is 0.761. The lowest BCUT2D eigenvalue weighted by Crippen LogP contribution is -2.28. The highest BCUT2D eigenvalue weighted by molar-refractivity contribution is 5.81. The van der Waals surface area contributed by atoms with E-state index in [0.717, 1.165) is 36.1 Å². The maximum atomic E-state index is 14.3. The molecule has 2 atom stereocenters. The summed E-state index contributed by atoms with van der Waals surface area (Å²) < 4.78 is 19.7. The Morgan fingerprint density at radius 3 is 3.08 bits per heavy atom.